The van der Waals surface area contributed by atoms with Crippen LogP contribution in [0.5, 0.6) is 0 Å². The smallest absolute Gasteiger partial charge is 0.0863 e. The van der Waals surface area contributed by atoms with Crippen molar-refractivity contribution in [1.29, 1.82) is 5.26 Å². The van der Waals surface area contributed by atoms with Crippen molar-refractivity contribution >= 4 is 0 Å². The Morgan fingerprint density at radius 3 is 2.46 bits per heavy atom. The molecule has 2 nitrogen and oxygen atoms in total. The molecule has 0 fully saturated rings. The van der Waals surface area contributed by atoms with E-state index in [1.165, 1.54) is 25.7 Å². The molecule has 0 N–H and O–H groups in total. The molecule has 0 aromatic carbocycles. The van der Waals surface area contributed by atoms with Crippen LogP contribution in [0.3, 0.4) is 0 Å². The van der Waals surface area contributed by atoms with Crippen LogP contribution < -0.4 is 0 Å². The molecule has 0 spiro atoms. The van der Waals surface area contributed by atoms with E-state index in [0.29, 0.717) is 6.54 Å². The molecule has 0 amide bonds. The monoisotopic (exact) mass is 182 g/mol. The van der Waals surface area contributed by atoms with Gasteiger partial charge in [-0.2, -0.15) is 5.26 Å². The quantitative estimate of drug-likeness (QED) is 0.566. The maximum absolute atomic E-state index is 8.47. The Kier molecular flexibility index (Phi) is 7.73. The van der Waals surface area contributed by atoms with Crippen LogP contribution in [0.15, 0.2) is 0 Å². The normalized spacial score (nSPS) is 12.8. The van der Waals surface area contributed by atoms with Crippen LogP contribution in [0, 0.1) is 17.2 Å². The van der Waals surface area contributed by atoms with Crippen molar-refractivity contribution in [3.05, 3.63) is 0 Å². The first-order valence-electron chi connectivity index (χ1n) is 5.30. The number of hydrogen-bond acceptors (Lipinski definition) is 2. The number of nitrogens with zero attached hydrogens (tertiary/aromatic N) is 2. The molecular formula is C11H22N2. The van der Waals surface area contributed by atoms with Crippen molar-refractivity contribution in [2.75, 3.05) is 20.1 Å². The molecule has 2 heteroatoms. The van der Waals surface area contributed by atoms with E-state index in [-0.39, 0.29) is 0 Å². The van der Waals surface area contributed by atoms with E-state index in [0.717, 1.165) is 12.5 Å². The van der Waals surface area contributed by atoms with Crippen LogP contribution in [0.1, 0.15) is 39.5 Å². The van der Waals surface area contributed by atoms with Crippen molar-refractivity contribution in [2.24, 2.45) is 5.92 Å². The van der Waals surface area contributed by atoms with Gasteiger partial charge < -0.3 is 0 Å². The number of rotatable bonds is 7. The largest absolute Gasteiger partial charge is 0.294 e. The first kappa shape index (κ1) is 12.4. The molecule has 0 aliphatic heterocycles. The van der Waals surface area contributed by atoms with Crippen LogP contribution in [0.2, 0.25) is 0 Å². The Hall–Kier alpha value is -0.550. The molecule has 0 saturated carbocycles. The van der Waals surface area contributed by atoms with Gasteiger partial charge in [-0.25, -0.2) is 0 Å². The van der Waals surface area contributed by atoms with E-state index in [4.69, 9.17) is 5.26 Å². The minimum Gasteiger partial charge on any atom is -0.294 e. The fraction of sp³-hybridized carbons (Fsp3) is 0.909. The maximum Gasteiger partial charge on any atom is 0.0863 e. The molecule has 0 aromatic heterocycles. The van der Waals surface area contributed by atoms with Gasteiger partial charge in [0.05, 0.1) is 12.6 Å². The molecule has 13 heavy (non-hydrogen) atoms. The van der Waals surface area contributed by atoms with Gasteiger partial charge in [0, 0.05) is 0 Å². The van der Waals surface area contributed by atoms with Gasteiger partial charge in [0.25, 0.3) is 0 Å². The van der Waals surface area contributed by atoms with Gasteiger partial charge in [0.1, 0.15) is 0 Å². The summed E-state index contributed by atoms with van der Waals surface area (Å²) in [6, 6.07) is 2.17. The van der Waals surface area contributed by atoms with E-state index in [9.17, 15) is 0 Å². The zero-order chi connectivity index (χ0) is 10.1. The molecular weight excluding hydrogens is 160 g/mol. The summed E-state index contributed by atoms with van der Waals surface area (Å²) in [7, 11) is 2.02. The van der Waals surface area contributed by atoms with E-state index >= 15 is 0 Å². The minimum absolute atomic E-state index is 0.558. The predicted octanol–water partition coefficient (Wildman–Crippen LogP) is 2.66. The summed E-state index contributed by atoms with van der Waals surface area (Å²) in [6.45, 7) is 6.11. The highest BCUT2D eigenvalue weighted by Crippen LogP contribution is 2.15. The van der Waals surface area contributed by atoms with Crippen molar-refractivity contribution in [3.63, 3.8) is 0 Å². The highest BCUT2D eigenvalue weighted by molar-refractivity contribution is 4.74. The van der Waals surface area contributed by atoms with Crippen LogP contribution in [-0.4, -0.2) is 25.0 Å². The molecule has 1 unspecified atom stereocenters. The average Bonchev–Trinajstić information content (AvgIpc) is 2.12. The lowest BCUT2D eigenvalue weighted by atomic mass is 9.97. The van der Waals surface area contributed by atoms with Gasteiger partial charge >= 0.3 is 0 Å². The highest BCUT2D eigenvalue weighted by Gasteiger charge is 2.06. The van der Waals surface area contributed by atoms with Crippen LogP contribution >= 0.6 is 0 Å². The summed E-state index contributed by atoms with van der Waals surface area (Å²) in [5, 5.41) is 8.47. The van der Waals surface area contributed by atoms with Crippen LogP contribution in [0.4, 0.5) is 0 Å². The van der Waals surface area contributed by atoms with E-state index in [1.807, 2.05) is 7.05 Å². The summed E-state index contributed by atoms with van der Waals surface area (Å²) < 4.78 is 0. The van der Waals surface area contributed by atoms with Crippen molar-refractivity contribution in [1.82, 2.24) is 4.90 Å². The second-order valence-electron chi connectivity index (χ2n) is 3.75. The molecule has 1 atom stereocenters. The Morgan fingerprint density at radius 2 is 2.00 bits per heavy atom. The third-order valence-electron chi connectivity index (χ3n) is 2.53. The second kappa shape index (κ2) is 8.07. The summed E-state index contributed by atoms with van der Waals surface area (Å²) in [5.41, 5.74) is 0. The van der Waals surface area contributed by atoms with Crippen molar-refractivity contribution in [3.8, 4) is 6.07 Å². The zero-order valence-electron chi connectivity index (χ0n) is 9.21. The fourth-order valence-electron chi connectivity index (χ4n) is 1.56. The summed E-state index contributed by atoms with van der Waals surface area (Å²) in [6.07, 6.45) is 5.12. The Balaban J connectivity index is 3.53. The lowest BCUT2D eigenvalue weighted by Gasteiger charge is -2.17. The standard InChI is InChI=1S/C11H22N2/c1-4-6-11(5-2)7-9-13(3)10-8-12/h11H,4-7,9-10H2,1-3H3. The molecule has 0 aliphatic carbocycles. The third-order valence-corrected chi connectivity index (χ3v) is 2.53. The molecule has 0 bridgehead atoms. The summed E-state index contributed by atoms with van der Waals surface area (Å²) in [5.74, 6) is 0.853. The van der Waals surface area contributed by atoms with Gasteiger partial charge in [-0.1, -0.05) is 33.1 Å². The van der Waals surface area contributed by atoms with E-state index in [1.54, 1.807) is 0 Å². The third kappa shape index (κ3) is 6.60. The molecule has 0 radical (unpaired) electrons. The zero-order valence-corrected chi connectivity index (χ0v) is 9.21. The molecule has 0 aromatic rings. The maximum atomic E-state index is 8.47. The minimum atomic E-state index is 0.558. The average molecular weight is 182 g/mol. The second-order valence-corrected chi connectivity index (χ2v) is 3.75. The van der Waals surface area contributed by atoms with Gasteiger partial charge in [0.2, 0.25) is 0 Å². The Labute approximate surface area is 82.5 Å². The lowest BCUT2D eigenvalue weighted by Crippen LogP contribution is -2.21. The molecule has 76 valence electrons. The number of hydrogen-bond donors (Lipinski definition) is 0. The molecule has 0 heterocycles. The molecule has 0 aliphatic rings. The lowest BCUT2D eigenvalue weighted by molar-refractivity contribution is 0.313. The number of nitriles is 1. The fourth-order valence-corrected chi connectivity index (χ4v) is 1.56. The van der Waals surface area contributed by atoms with Gasteiger partial charge in [-0.15, -0.1) is 0 Å². The topological polar surface area (TPSA) is 27.0 Å². The van der Waals surface area contributed by atoms with Gasteiger partial charge in [-0.3, -0.25) is 4.90 Å². The van der Waals surface area contributed by atoms with E-state index in [2.05, 4.69) is 24.8 Å². The molecule has 0 rings (SSSR count). The van der Waals surface area contributed by atoms with Crippen molar-refractivity contribution < 1.29 is 0 Å². The van der Waals surface area contributed by atoms with Gasteiger partial charge in [-0.05, 0) is 25.9 Å². The van der Waals surface area contributed by atoms with Crippen LogP contribution in [0.25, 0.3) is 0 Å². The summed E-state index contributed by atoms with van der Waals surface area (Å²) >= 11 is 0. The Morgan fingerprint density at radius 1 is 1.31 bits per heavy atom. The molecule has 0 saturated heterocycles. The SMILES string of the molecule is CCCC(CC)CCN(C)CC#N. The van der Waals surface area contributed by atoms with Crippen LogP contribution in [-0.2, 0) is 0 Å². The predicted molar refractivity (Wildman–Crippen MR) is 56.4 cm³/mol. The van der Waals surface area contributed by atoms with E-state index < -0.39 is 0 Å². The highest BCUT2D eigenvalue weighted by atomic mass is 15.1. The first-order valence-corrected chi connectivity index (χ1v) is 5.30. The summed E-state index contributed by atoms with van der Waals surface area (Å²) in [4.78, 5) is 2.10. The first-order chi connectivity index (χ1) is 6.24. The Bertz CT molecular complexity index is 149. The van der Waals surface area contributed by atoms with Crippen molar-refractivity contribution in [2.45, 2.75) is 39.5 Å². The van der Waals surface area contributed by atoms with Gasteiger partial charge in [0.15, 0.2) is 0 Å².